The number of H-pyrrole nitrogens is 1. The van der Waals surface area contributed by atoms with Crippen molar-refractivity contribution in [1.82, 2.24) is 15.2 Å². The van der Waals surface area contributed by atoms with Crippen LogP contribution in [-0.4, -0.2) is 15.2 Å². The predicted octanol–water partition coefficient (Wildman–Crippen LogP) is 6.78. The Morgan fingerprint density at radius 2 is 1.93 bits per heavy atom. The van der Waals surface area contributed by atoms with E-state index in [9.17, 15) is 0 Å². The van der Waals surface area contributed by atoms with Crippen LogP contribution in [0.3, 0.4) is 0 Å². The Morgan fingerprint density at radius 3 is 2.74 bits per heavy atom. The minimum Gasteiger partial charge on any atom is -0.282 e. The molecule has 0 atom stereocenters. The number of unbranched alkanes of at least 4 members (excludes halogenated alkanes) is 3. The second kappa shape index (κ2) is 8.05. The highest BCUT2D eigenvalue weighted by Crippen LogP contribution is 2.36. The molecule has 0 saturated heterocycles. The van der Waals surface area contributed by atoms with Gasteiger partial charge in [-0.05, 0) is 55.0 Å². The Bertz CT molecular complexity index is 1040. The van der Waals surface area contributed by atoms with Gasteiger partial charge in [0.1, 0.15) is 5.69 Å². The van der Waals surface area contributed by atoms with Crippen molar-refractivity contribution in [3.05, 3.63) is 59.2 Å². The average Bonchev–Trinajstić information content (AvgIpc) is 3.33. The van der Waals surface area contributed by atoms with Crippen LogP contribution in [0.5, 0.6) is 0 Å². The zero-order chi connectivity index (χ0) is 18.6. The first-order valence-electron chi connectivity index (χ1n) is 9.75. The number of aryl methyl sites for hydroxylation is 2. The summed E-state index contributed by atoms with van der Waals surface area (Å²) in [6, 6.07) is 15.2. The number of hydrogen-bond donors (Lipinski definition) is 1. The maximum Gasteiger partial charge on any atom is 0.111 e. The molecule has 0 fully saturated rings. The molecular weight excluding hydrogens is 350 g/mol. The number of aromatic nitrogens is 3. The fraction of sp³-hybridized carbons (Fsp3) is 0.304. The molecule has 4 aromatic rings. The van der Waals surface area contributed by atoms with Crippen molar-refractivity contribution in [2.24, 2.45) is 0 Å². The van der Waals surface area contributed by atoms with E-state index in [1.807, 2.05) is 30.5 Å². The highest BCUT2D eigenvalue weighted by molar-refractivity contribution is 7.15. The number of nitrogens with one attached hydrogen (secondary N) is 1. The summed E-state index contributed by atoms with van der Waals surface area (Å²) in [5, 5.41) is 9.82. The van der Waals surface area contributed by atoms with Crippen LogP contribution in [0.1, 0.15) is 43.2 Å². The predicted molar refractivity (Wildman–Crippen MR) is 115 cm³/mol. The third-order valence-corrected chi connectivity index (χ3v) is 6.14. The third-order valence-electron chi connectivity index (χ3n) is 4.96. The normalized spacial score (nSPS) is 11.3. The lowest BCUT2D eigenvalue weighted by Gasteiger charge is -2.07. The van der Waals surface area contributed by atoms with Crippen LogP contribution >= 0.6 is 11.3 Å². The van der Waals surface area contributed by atoms with E-state index in [-0.39, 0.29) is 0 Å². The minimum atomic E-state index is 0.901. The van der Waals surface area contributed by atoms with Crippen LogP contribution in [0.2, 0.25) is 0 Å². The van der Waals surface area contributed by atoms with Crippen molar-refractivity contribution >= 4 is 22.1 Å². The van der Waals surface area contributed by atoms with Crippen molar-refractivity contribution in [2.45, 2.75) is 46.0 Å². The van der Waals surface area contributed by atoms with Crippen molar-refractivity contribution in [3.63, 3.8) is 0 Å². The topological polar surface area (TPSA) is 41.6 Å². The zero-order valence-electron chi connectivity index (χ0n) is 16.0. The first kappa shape index (κ1) is 17.9. The molecule has 4 rings (SSSR count). The average molecular weight is 376 g/mol. The van der Waals surface area contributed by atoms with Gasteiger partial charge < -0.3 is 0 Å². The summed E-state index contributed by atoms with van der Waals surface area (Å²) < 4.78 is 0. The molecule has 3 nitrogen and oxygen atoms in total. The Morgan fingerprint density at radius 1 is 1.00 bits per heavy atom. The summed E-state index contributed by atoms with van der Waals surface area (Å²) in [5.74, 6) is 0. The van der Waals surface area contributed by atoms with E-state index in [2.05, 4.69) is 58.5 Å². The third kappa shape index (κ3) is 3.81. The number of fused-ring (bicyclic) bond motifs is 1. The van der Waals surface area contributed by atoms with Crippen LogP contribution < -0.4 is 0 Å². The second-order valence-corrected chi connectivity index (χ2v) is 8.24. The summed E-state index contributed by atoms with van der Waals surface area (Å²) in [5.41, 5.74) is 4.17. The SMILES string of the molecule is CCCCCCc1ccc(-c2cccc3c(-c4cc(C)[nH]n4)nccc23)s1. The van der Waals surface area contributed by atoms with E-state index in [1.165, 1.54) is 52.8 Å². The molecule has 3 aromatic heterocycles. The van der Waals surface area contributed by atoms with Crippen LogP contribution in [-0.2, 0) is 6.42 Å². The Labute approximate surface area is 164 Å². The highest BCUT2D eigenvalue weighted by atomic mass is 32.1. The van der Waals surface area contributed by atoms with Crippen molar-refractivity contribution < 1.29 is 0 Å². The number of pyridine rings is 1. The van der Waals surface area contributed by atoms with Gasteiger partial charge in [0.15, 0.2) is 0 Å². The van der Waals surface area contributed by atoms with Gasteiger partial charge in [0.2, 0.25) is 0 Å². The molecule has 0 saturated carbocycles. The molecule has 4 heteroatoms. The number of aromatic amines is 1. The van der Waals surface area contributed by atoms with Gasteiger partial charge in [-0.3, -0.25) is 10.1 Å². The molecule has 0 aliphatic carbocycles. The Hall–Kier alpha value is -2.46. The molecule has 27 heavy (non-hydrogen) atoms. The summed E-state index contributed by atoms with van der Waals surface area (Å²) in [6.07, 6.45) is 8.33. The minimum absolute atomic E-state index is 0.901. The summed E-state index contributed by atoms with van der Waals surface area (Å²) >= 11 is 1.92. The molecule has 0 aliphatic rings. The maximum absolute atomic E-state index is 4.61. The molecule has 0 unspecified atom stereocenters. The van der Waals surface area contributed by atoms with Gasteiger partial charge >= 0.3 is 0 Å². The Kier molecular flexibility index (Phi) is 5.35. The first-order chi connectivity index (χ1) is 13.3. The smallest absolute Gasteiger partial charge is 0.111 e. The quantitative estimate of drug-likeness (QED) is 0.361. The lowest BCUT2D eigenvalue weighted by molar-refractivity contribution is 0.670. The lowest BCUT2D eigenvalue weighted by Crippen LogP contribution is -1.88. The van der Waals surface area contributed by atoms with Gasteiger partial charge in [-0.1, -0.05) is 44.4 Å². The fourth-order valence-electron chi connectivity index (χ4n) is 3.55. The summed E-state index contributed by atoms with van der Waals surface area (Å²) in [7, 11) is 0. The molecule has 0 bridgehead atoms. The van der Waals surface area contributed by atoms with Gasteiger partial charge in [-0.2, -0.15) is 5.10 Å². The number of rotatable bonds is 7. The molecular formula is C23H25N3S. The van der Waals surface area contributed by atoms with Gasteiger partial charge in [0.25, 0.3) is 0 Å². The van der Waals surface area contributed by atoms with Crippen molar-refractivity contribution in [3.8, 4) is 21.8 Å². The van der Waals surface area contributed by atoms with Gasteiger partial charge in [-0.25, -0.2) is 0 Å². The second-order valence-electron chi connectivity index (χ2n) is 7.07. The van der Waals surface area contributed by atoms with Crippen LogP contribution in [0.25, 0.3) is 32.6 Å². The number of thiophene rings is 1. The van der Waals surface area contributed by atoms with E-state index >= 15 is 0 Å². The highest BCUT2D eigenvalue weighted by Gasteiger charge is 2.12. The maximum atomic E-state index is 4.61. The van der Waals surface area contributed by atoms with E-state index in [4.69, 9.17) is 0 Å². The number of hydrogen-bond acceptors (Lipinski definition) is 3. The number of nitrogens with zero attached hydrogens (tertiary/aromatic N) is 2. The number of benzene rings is 1. The first-order valence-corrected chi connectivity index (χ1v) is 10.6. The Balaban J connectivity index is 1.68. The molecule has 0 aliphatic heterocycles. The van der Waals surface area contributed by atoms with Gasteiger partial charge in [0, 0.05) is 27.0 Å². The van der Waals surface area contributed by atoms with E-state index in [0.29, 0.717) is 0 Å². The van der Waals surface area contributed by atoms with E-state index in [0.717, 1.165) is 22.5 Å². The fourth-order valence-corrected chi connectivity index (χ4v) is 4.64. The monoisotopic (exact) mass is 375 g/mol. The van der Waals surface area contributed by atoms with E-state index in [1.54, 1.807) is 0 Å². The zero-order valence-corrected chi connectivity index (χ0v) is 16.8. The molecule has 1 N–H and O–H groups in total. The standard InChI is InChI=1S/C23H25N3S/c1-3-4-5-6-8-17-11-12-22(27-17)19-9-7-10-20-18(19)13-14-24-23(20)21-15-16(2)25-26-21/h7,9-15H,3-6,8H2,1-2H3,(H,25,26). The molecule has 1 aromatic carbocycles. The molecule has 0 amide bonds. The summed E-state index contributed by atoms with van der Waals surface area (Å²) in [6.45, 7) is 4.28. The molecule has 138 valence electrons. The van der Waals surface area contributed by atoms with Crippen LogP contribution in [0.4, 0.5) is 0 Å². The summed E-state index contributed by atoms with van der Waals surface area (Å²) in [4.78, 5) is 7.43. The van der Waals surface area contributed by atoms with Crippen LogP contribution in [0.15, 0.2) is 48.7 Å². The molecule has 0 radical (unpaired) electrons. The van der Waals surface area contributed by atoms with Gasteiger partial charge in [0.05, 0.1) is 5.69 Å². The largest absolute Gasteiger partial charge is 0.282 e. The van der Waals surface area contributed by atoms with E-state index < -0.39 is 0 Å². The van der Waals surface area contributed by atoms with Gasteiger partial charge in [-0.15, -0.1) is 11.3 Å². The van der Waals surface area contributed by atoms with Crippen molar-refractivity contribution in [1.29, 1.82) is 0 Å². The lowest BCUT2D eigenvalue weighted by atomic mass is 10.0. The molecule has 3 heterocycles. The van der Waals surface area contributed by atoms with Crippen molar-refractivity contribution in [2.75, 3.05) is 0 Å². The molecule has 0 spiro atoms. The van der Waals surface area contributed by atoms with Crippen LogP contribution in [0, 0.1) is 6.92 Å².